The number of benzene rings is 1. The Morgan fingerprint density at radius 1 is 1.08 bits per heavy atom. The summed E-state index contributed by atoms with van der Waals surface area (Å²) in [5.41, 5.74) is 6.07. The molecule has 1 aromatic carbocycles. The Balaban J connectivity index is 1.30. The minimum atomic E-state index is 0.481. The van der Waals surface area contributed by atoms with Gasteiger partial charge in [-0.1, -0.05) is 12.2 Å². The standard InChI is InChI=1S/C29H31N7O/c1-21-26-7-8-33-28(26)6-5-27(21)34-29-23(18-32-19-24(29)16-30)4-3-22-15-25(20-31-17-22)37-14-13-36-11-9-35(2)10-12-36/h3-8,15,17-20,33H,9-14H2,1-2H3,(H,32,34)/b4-3+. The van der Waals surface area contributed by atoms with Crippen LogP contribution in [0.3, 0.4) is 0 Å². The van der Waals surface area contributed by atoms with Crippen LogP contribution in [0.15, 0.2) is 55.2 Å². The summed E-state index contributed by atoms with van der Waals surface area (Å²) in [7, 11) is 2.16. The van der Waals surface area contributed by atoms with Crippen molar-refractivity contribution in [3.8, 4) is 11.8 Å². The molecule has 0 atom stereocenters. The van der Waals surface area contributed by atoms with Gasteiger partial charge in [0.05, 0.1) is 17.4 Å². The fourth-order valence-corrected chi connectivity index (χ4v) is 4.54. The van der Waals surface area contributed by atoms with E-state index in [-0.39, 0.29) is 0 Å². The molecule has 8 nitrogen and oxygen atoms in total. The zero-order valence-electron chi connectivity index (χ0n) is 21.2. The second-order valence-corrected chi connectivity index (χ2v) is 9.35. The summed E-state index contributed by atoms with van der Waals surface area (Å²) in [4.78, 5) is 16.6. The van der Waals surface area contributed by atoms with E-state index in [4.69, 9.17) is 4.74 Å². The molecule has 4 aromatic rings. The Morgan fingerprint density at radius 2 is 1.92 bits per heavy atom. The Morgan fingerprint density at radius 3 is 2.76 bits per heavy atom. The molecule has 1 fully saturated rings. The van der Waals surface area contributed by atoms with Crippen LogP contribution in [-0.2, 0) is 0 Å². The van der Waals surface area contributed by atoms with E-state index in [9.17, 15) is 5.26 Å². The first kappa shape index (κ1) is 24.5. The van der Waals surface area contributed by atoms with Crippen LogP contribution >= 0.6 is 0 Å². The lowest BCUT2D eigenvalue weighted by atomic mass is 10.1. The first-order chi connectivity index (χ1) is 18.1. The summed E-state index contributed by atoms with van der Waals surface area (Å²) in [6, 6.07) is 10.4. The van der Waals surface area contributed by atoms with Gasteiger partial charge in [-0.2, -0.15) is 5.26 Å². The highest BCUT2D eigenvalue weighted by atomic mass is 16.5. The minimum absolute atomic E-state index is 0.481. The average molecular weight is 494 g/mol. The van der Waals surface area contributed by atoms with Gasteiger partial charge in [-0.05, 0) is 49.4 Å². The number of nitriles is 1. The summed E-state index contributed by atoms with van der Waals surface area (Å²) in [5.74, 6) is 0.744. The average Bonchev–Trinajstić information content (AvgIpc) is 3.41. The van der Waals surface area contributed by atoms with Crippen molar-refractivity contribution >= 4 is 34.4 Å². The zero-order valence-corrected chi connectivity index (χ0v) is 21.2. The van der Waals surface area contributed by atoms with Crippen molar-refractivity contribution in [1.29, 1.82) is 5.26 Å². The SMILES string of the molecule is Cc1c(Nc2c(C#N)cncc2/C=C/c2cncc(OCCN3CCN(C)CC3)c2)ccc2[nH]ccc12. The van der Waals surface area contributed by atoms with Crippen LogP contribution in [0.25, 0.3) is 23.1 Å². The van der Waals surface area contributed by atoms with Crippen LogP contribution in [0.5, 0.6) is 5.75 Å². The highest BCUT2D eigenvalue weighted by Gasteiger charge is 2.14. The normalized spacial score (nSPS) is 14.7. The van der Waals surface area contributed by atoms with Crippen molar-refractivity contribution in [2.75, 3.05) is 51.7 Å². The van der Waals surface area contributed by atoms with Gasteiger partial charge in [0.2, 0.25) is 0 Å². The largest absolute Gasteiger partial charge is 0.491 e. The van der Waals surface area contributed by atoms with Gasteiger partial charge in [0.15, 0.2) is 0 Å². The number of nitrogens with one attached hydrogen (secondary N) is 2. The van der Waals surface area contributed by atoms with Gasteiger partial charge < -0.3 is 19.9 Å². The van der Waals surface area contributed by atoms with Crippen LogP contribution < -0.4 is 10.1 Å². The maximum atomic E-state index is 9.75. The minimum Gasteiger partial charge on any atom is -0.491 e. The number of pyridine rings is 2. The van der Waals surface area contributed by atoms with Gasteiger partial charge in [-0.15, -0.1) is 0 Å². The molecular weight excluding hydrogens is 462 g/mol. The first-order valence-electron chi connectivity index (χ1n) is 12.5. The number of fused-ring (bicyclic) bond motifs is 1. The van der Waals surface area contributed by atoms with Crippen LogP contribution in [0.4, 0.5) is 11.4 Å². The van der Waals surface area contributed by atoms with Crippen molar-refractivity contribution in [2.24, 2.45) is 0 Å². The Bertz CT molecular complexity index is 1440. The molecule has 5 rings (SSSR count). The zero-order chi connectivity index (χ0) is 25.6. The number of aryl methyl sites for hydroxylation is 1. The van der Waals surface area contributed by atoms with E-state index in [1.807, 2.05) is 36.5 Å². The number of likely N-dealkylation sites (N-methyl/N-ethyl adjacent to an activating group) is 1. The third kappa shape index (κ3) is 5.80. The molecule has 1 aliphatic rings. The molecule has 2 N–H and O–H groups in total. The van der Waals surface area contributed by atoms with E-state index < -0.39 is 0 Å². The summed E-state index contributed by atoms with van der Waals surface area (Å²) in [6.45, 7) is 7.95. The van der Waals surface area contributed by atoms with Gasteiger partial charge >= 0.3 is 0 Å². The van der Waals surface area contributed by atoms with Crippen LogP contribution in [-0.4, -0.2) is 71.1 Å². The number of rotatable bonds is 8. The van der Waals surface area contributed by atoms with E-state index in [1.54, 1.807) is 24.8 Å². The van der Waals surface area contributed by atoms with Crippen LogP contribution in [0, 0.1) is 18.3 Å². The van der Waals surface area contributed by atoms with Gasteiger partial charge in [-0.3, -0.25) is 14.9 Å². The van der Waals surface area contributed by atoms with E-state index >= 15 is 0 Å². The van der Waals surface area contributed by atoms with Gasteiger partial charge in [0.25, 0.3) is 0 Å². The molecule has 1 saturated heterocycles. The van der Waals surface area contributed by atoms with Gasteiger partial charge in [-0.25, -0.2) is 0 Å². The fourth-order valence-electron chi connectivity index (χ4n) is 4.54. The molecule has 1 aliphatic heterocycles. The van der Waals surface area contributed by atoms with E-state index in [2.05, 4.69) is 56.2 Å². The Labute approximate surface area is 217 Å². The lowest BCUT2D eigenvalue weighted by molar-refractivity contribution is 0.133. The van der Waals surface area contributed by atoms with Crippen LogP contribution in [0.1, 0.15) is 22.3 Å². The molecule has 0 aliphatic carbocycles. The number of ether oxygens (including phenoxy) is 1. The second kappa shape index (κ2) is 11.2. The highest BCUT2D eigenvalue weighted by molar-refractivity contribution is 5.90. The van der Waals surface area contributed by atoms with E-state index in [1.165, 1.54) is 0 Å². The third-order valence-electron chi connectivity index (χ3n) is 6.82. The number of hydrogen-bond acceptors (Lipinski definition) is 7. The topological polar surface area (TPSA) is 93.1 Å². The Kier molecular flexibility index (Phi) is 7.45. The Hall–Kier alpha value is -4.19. The van der Waals surface area contributed by atoms with Crippen molar-refractivity contribution in [1.82, 2.24) is 24.8 Å². The quantitative estimate of drug-likeness (QED) is 0.368. The molecule has 0 spiro atoms. The predicted molar refractivity (Wildman–Crippen MR) is 148 cm³/mol. The number of aromatic amines is 1. The van der Waals surface area contributed by atoms with Crippen molar-refractivity contribution in [2.45, 2.75) is 6.92 Å². The van der Waals surface area contributed by atoms with Gasteiger partial charge in [0.1, 0.15) is 18.4 Å². The first-order valence-corrected chi connectivity index (χ1v) is 12.5. The fraction of sp³-hybridized carbons (Fsp3) is 0.276. The number of aromatic nitrogens is 3. The maximum Gasteiger partial charge on any atom is 0.138 e. The molecule has 37 heavy (non-hydrogen) atoms. The summed E-state index contributed by atoms with van der Waals surface area (Å²) < 4.78 is 5.99. The van der Waals surface area contributed by atoms with Crippen molar-refractivity contribution in [3.63, 3.8) is 0 Å². The number of nitrogens with zero attached hydrogens (tertiary/aromatic N) is 5. The van der Waals surface area contributed by atoms with Crippen molar-refractivity contribution in [3.05, 3.63) is 77.5 Å². The number of piperazine rings is 1. The second-order valence-electron chi connectivity index (χ2n) is 9.35. The summed E-state index contributed by atoms with van der Waals surface area (Å²) in [6.07, 6.45) is 12.7. The lowest BCUT2D eigenvalue weighted by Gasteiger charge is -2.32. The van der Waals surface area contributed by atoms with Crippen molar-refractivity contribution < 1.29 is 4.74 Å². The molecule has 0 saturated carbocycles. The highest BCUT2D eigenvalue weighted by Crippen LogP contribution is 2.31. The third-order valence-corrected chi connectivity index (χ3v) is 6.82. The molecule has 0 radical (unpaired) electrons. The molecule has 8 heteroatoms. The van der Waals surface area contributed by atoms with Gasteiger partial charge in [0, 0.05) is 79.7 Å². The molecule has 188 valence electrons. The lowest BCUT2D eigenvalue weighted by Crippen LogP contribution is -2.45. The summed E-state index contributed by atoms with van der Waals surface area (Å²) >= 11 is 0. The number of H-pyrrole nitrogens is 1. The molecule has 0 bridgehead atoms. The van der Waals surface area contributed by atoms with E-state index in [0.717, 1.165) is 77.4 Å². The molecule has 0 unspecified atom stereocenters. The summed E-state index contributed by atoms with van der Waals surface area (Å²) in [5, 5.41) is 14.4. The van der Waals surface area contributed by atoms with Crippen LogP contribution in [0.2, 0.25) is 0 Å². The monoisotopic (exact) mass is 493 g/mol. The molecule has 0 amide bonds. The van der Waals surface area contributed by atoms with E-state index in [0.29, 0.717) is 12.2 Å². The smallest absolute Gasteiger partial charge is 0.138 e. The molecular formula is C29H31N7O. The molecule has 3 aromatic heterocycles. The number of anilines is 2. The predicted octanol–water partition coefficient (Wildman–Crippen LogP) is 4.68. The number of hydrogen-bond donors (Lipinski definition) is 2. The molecule has 4 heterocycles. The maximum absolute atomic E-state index is 9.75.